The summed E-state index contributed by atoms with van der Waals surface area (Å²) in [5.41, 5.74) is 0.327. The quantitative estimate of drug-likeness (QED) is 0.875. The molecule has 0 saturated heterocycles. The van der Waals surface area contributed by atoms with Gasteiger partial charge < -0.3 is 10.1 Å². The molecule has 0 aliphatic heterocycles. The molecule has 0 amide bonds. The van der Waals surface area contributed by atoms with Crippen molar-refractivity contribution in [3.05, 3.63) is 18.0 Å². The van der Waals surface area contributed by atoms with Crippen LogP contribution >= 0.6 is 0 Å². The Kier molecular flexibility index (Phi) is 4.42. The second-order valence-corrected chi connectivity index (χ2v) is 6.43. The van der Waals surface area contributed by atoms with Crippen molar-refractivity contribution in [3.63, 3.8) is 0 Å². The third kappa shape index (κ3) is 2.35. The van der Waals surface area contributed by atoms with Gasteiger partial charge in [-0.1, -0.05) is 20.8 Å². The van der Waals surface area contributed by atoms with Crippen LogP contribution in [0.15, 0.2) is 12.1 Å². The molecule has 132 valence electrons. The van der Waals surface area contributed by atoms with E-state index in [1.54, 1.807) is 19.2 Å². The number of anilines is 1. The average Bonchev–Trinajstić information content (AvgIpc) is 3.00. The summed E-state index contributed by atoms with van der Waals surface area (Å²) in [6.07, 6.45) is -0.587. The Morgan fingerprint density at radius 2 is 2.00 bits per heavy atom. The molecular weight excluding hydrogens is 316 g/mol. The van der Waals surface area contributed by atoms with E-state index in [1.807, 2.05) is 0 Å². The van der Waals surface area contributed by atoms with Crippen LogP contribution in [0, 0.1) is 11.3 Å². The number of methoxy groups -OCH3 is 1. The monoisotopic (exact) mass is 339 g/mol. The van der Waals surface area contributed by atoms with E-state index < -0.39 is 12.2 Å². The van der Waals surface area contributed by atoms with Crippen LogP contribution in [0.5, 0.6) is 0 Å². The van der Waals surface area contributed by atoms with Gasteiger partial charge in [-0.25, -0.2) is 8.78 Å². The fourth-order valence-corrected chi connectivity index (χ4v) is 4.27. The van der Waals surface area contributed by atoms with Gasteiger partial charge in [0.25, 0.3) is 6.43 Å². The summed E-state index contributed by atoms with van der Waals surface area (Å²) >= 11 is 0. The molecule has 24 heavy (non-hydrogen) atoms. The molecule has 2 heterocycles. The van der Waals surface area contributed by atoms with E-state index in [0.717, 1.165) is 17.4 Å². The summed E-state index contributed by atoms with van der Waals surface area (Å²) in [5, 5.41) is 14.9. The van der Waals surface area contributed by atoms with Gasteiger partial charge in [0, 0.05) is 24.5 Å². The first-order chi connectivity index (χ1) is 11.5. The van der Waals surface area contributed by atoms with Crippen molar-refractivity contribution in [1.82, 2.24) is 19.8 Å². The van der Waals surface area contributed by atoms with Crippen LogP contribution in [0.4, 0.5) is 14.6 Å². The topological polar surface area (TPSA) is 64.3 Å². The first-order valence-electron chi connectivity index (χ1n) is 8.28. The number of nitrogens with zero attached hydrogens (tertiary/aromatic N) is 4. The van der Waals surface area contributed by atoms with Crippen LogP contribution in [0.2, 0.25) is 0 Å². The zero-order valence-electron chi connectivity index (χ0n) is 14.3. The van der Waals surface area contributed by atoms with Crippen molar-refractivity contribution < 1.29 is 13.5 Å². The Hall–Kier alpha value is -1.83. The predicted octanol–water partition coefficient (Wildman–Crippen LogP) is 3.31. The van der Waals surface area contributed by atoms with Gasteiger partial charge >= 0.3 is 0 Å². The molecule has 2 aromatic rings. The van der Waals surface area contributed by atoms with Crippen molar-refractivity contribution in [2.45, 2.75) is 52.2 Å². The van der Waals surface area contributed by atoms with Crippen LogP contribution in [-0.4, -0.2) is 39.1 Å². The number of nitrogens with one attached hydrogen (secondary N) is 1. The third-order valence-electron chi connectivity index (χ3n) is 5.55. The Balaban J connectivity index is 1.90. The lowest BCUT2D eigenvalue weighted by atomic mass is 9.53. The van der Waals surface area contributed by atoms with Crippen LogP contribution in [-0.2, 0) is 4.74 Å². The van der Waals surface area contributed by atoms with Crippen molar-refractivity contribution in [3.8, 4) is 0 Å². The zero-order valence-corrected chi connectivity index (χ0v) is 14.3. The van der Waals surface area contributed by atoms with Crippen molar-refractivity contribution in [2.24, 2.45) is 11.3 Å². The Bertz CT molecular complexity index is 716. The van der Waals surface area contributed by atoms with Gasteiger partial charge in [-0.15, -0.1) is 15.3 Å². The Labute approximate surface area is 139 Å². The van der Waals surface area contributed by atoms with E-state index in [0.29, 0.717) is 17.4 Å². The van der Waals surface area contributed by atoms with Crippen molar-refractivity contribution >= 4 is 11.5 Å². The number of hydrogen-bond donors (Lipinski definition) is 1. The fraction of sp³-hybridized carbons (Fsp3) is 0.688. The van der Waals surface area contributed by atoms with Crippen molar-refractivity contribution in [1.29, 1.82) is 0 Å². The molecule has 0 unspecified atom stereocenters. The van der Waals surface area contributed by atoms with Crippen molar-refractivity contribution in [2.75, 3.05) is 12.4 Å². The minimum atomic E-state index is -2.71. The van der Waals surface area contributed by atoms with E-state index in [1.165, 1.54) is 0 Å². The molecule has 3 rings (SSSR count). The van der Waals surface area contributed by atoms with Gasteiger partial charge in [-0.2, -0.15) is 4.52 Å². The van der Waals surface area contributed by atoms with E-state index in [-0.39, 0.29) is 17.6 Å². The molecule has 0 radical (unpaired) electrons. The molecule has 1 N–H and O–H groups in total. The van der Waals surface area contributed by atoms with Crippen LogP contribution in [0.1, 0.15) is 45.9 Å². The molecular formula is C16H23F2N5O. The van der Waals surface area contributed by atoms with E-state index in [4.69, 9.17) is 4.74 Å². The zero-order chi connectivity index (χ0) is 17.5. The molecule has 6 nitrogen and oxygen atoms in total. The highest BCUT2D eigenvalue weighted by atomic mass is 19.3. The normalized spacial score (nSPS) is 25.9. The fourth-order valence-electron chi connectivity index (χ4n) is 4.27. The standard InChI is InChI=1S/C16H23F2N5O/c1-5-16(6-2)12(9(3)13(16)24-4)19-10-7-8-11-20-21-15(14(17)18)23(11)22-10/h7-9,12-14H,5-6H2,1-4H3,(H,19,22)/t9-,12-,13-/m1/s1. The van der Waals surface area contributed by atoms with Crippen LogP contribution in [0.25, 0.3) is 5.65 Å². The van der Waals surface area contributed by atoms with Gasteiger partial charge in [0.1, 0.15) is 5.82 Å². The van der Waals surface area contributed by atoms with Gasteiger partial charge in [0.15, 0.2) is 5.65 Å². The Morgan fingerprint density at radius 3 is 2.58 bits per heavy atom. The lowest BCUT2D eigenvalue weighted by Crippen LogP contribution is -2.66. The minimum Gasteiger partial charge on any atom is -0.380 e. The molecule has 0 spiro atoms. The summed E-state index contributed by atoms with van der Waals surface area (Å²) in [5.74, 6) is 0.409. The number of fused-ring (bicyclic) bond motifs is 1. The summed E-state index contributed by atoms with van der Waals surface area (Å²) in [4.78, 5) is 0. The summed E-state index contributed by atoms with van der Waals surface area (Å²) in [6.45, 7) is 6.44. The molecule has 1 fully saturated rings. The predicted molar refractivity (Wildman–Crippen MR) is 86.1 cm³/mol. The summed E-state index contributed by atoms with van der Waals surface area (Å²) < 4.78 is 32.8. The number of ether oxygens (including phenoxy) is 1. The van der Waals surface area contributed by atoms with Gasteiger partial charge in [0.05, 0.1) is 6.10 Å². The highest BCUT2D eigenvalue weighted by Gasteiger charge is 2.58. The van der Waals surface area contributed by atoms with E-state index in [2.05, 4.69) is 41.4 Å². The highest BCUT2D eigenvalue weighted by Crippen LogP contribution is 2.53. The molecule has 8 heteroatoms. The second kappa shape index (κ2) is 6.23. The SMILES string of the molecule is CCC1(CC)[C@H](Nc2ccc3nnc(C(F)F)n3n2)[C@@H](C)[C@H]1OC. The highest BCUT2D eigenvalue weighted by molar-refractivity contribution is 5.45. The lowest BCUT2D eigenvalue weighted by Gasteiger charge is -2.59. The third-order valence-corrected chi connectivity index (χ3v) is 5.55. The minimum absolute atomic E-state index is 0.0174. The molecule has 2 aromatic heterocycles. The molecule has 1 saturated carbocycles. The van der Waals surface area contributed by atoms with Gasteiger partial charge in [-0.05, 0) is 25.0 Å². The smallest absolute Gasteiger partial charge is 0.299 e. The number of aromatic nitrogens is 4. The van der Waals surface area contributed by atoms with Crippen LogP contribution < -0.4 is 5.32 Å². The summed E-state index contributed by atoms with van der Waals surface area (Å²) in [6, 6.07) is 3.57. The molecule has 0 bridgehead atoms. The van der Waals surface area contributed by atoms with Gasteiger partial charge in [-0.3, -0.25) is 0 Å². The van der Waals surface area contributed by atoms with E-state index in [9.17, 15) is 8.78 Å². The number of hydrogen-bond acceptors (Lipinski definition) is 5. The van der Waals surface area contributed by atoms with Gasteiger partial charge in [0.2, 0.25) is 5.82 Å². The number of rotatable bonds is 6. The average molecular weight is 339 g/mol. The lowest BCUT2D eigenvalue weighted by molar-refractivity contribution is -0.150. The van der Waals surface area contributed by atoms with Crippen LogP contribution in [0.3, 0.4) is 0 Å². The second-order valence-electron chi connectivity index (χ2n) is 6.43. The first-order valence-corrected chi connectivity index (χ1v) is 8.28. The number of alkyl halides is 2. The maximum atomic E-state index is 13.0. The maximum Gasteiger partial charge on any atom is 0.299 e. The maximum absolute atomic E-state index is 13.0. The molecule has 0 aromatic carbocycles. The first kappa shape index (κ1) is 17.0. The largest absolute Gasteiger partial charge is 0.380 e. The number of halogens is 2. The molecule has 3 atom stereocenters. The molecule has 1 aliphatic rings. The Morgan fingerprint density at radius 1 is 1.29 bits per heavy atom. The molecule has 1 aliphatic carbocycles. The van der Waals surface area contributed by atoms with E-state index >= 15 is 0 Å². The summed E-state index contributed by atoms with van der Waals surface area (Å²) in [7, 11) is 1.74.